The van der Waals surface area contributed by atoms with Gasteiger partial charge >= 0.3 is 23.9 Å². The van der Waals surface area contributed by atoms with Crippen LogP contribution in [0.4, 0.5) is 0 Å². The van der Waals surface area contributed by atoms with Crippen molar-refractivity contribution in [2.75, 3.05) is 20.3 Å². The molecule has 4 heterocycles. The lowest BCUT2D eigenvalue weighted by atomic mass is 9.86. The van der Waals surface area contributed by atoms with Gasteiger partial charge in [-0.15, -0.1) is 0 Å². The standard InChI is InChI=1S/C33H44O21/c1-4-12-14(6-20(36)37)16(28(45)47-3)10-48-31(12)54-33-26(44)27(23(41)19(9-35)51-33)52-29(46)17-11-49-30(13(5-2)15(17)7-21(38)39)53-32-25(43)24(42)22(40)18(8-34)50-32/h4-5,10-11,14-15,18-19,22-27,30-35,40-44H,6-9H2,1-3H3,(H,36,37)(H,38,39)/b12-4?,13-5-/t14-,15-,18+,19+,22+,23+,24-,25+,26+,27-,30?,31?,32?,33?/m1/s1. The van der Waals surface area contributed by atoms with Crippen molar-refractivity contribution in [1.29, 1.82) is 0 Å². The number of carboxylic acid groups (broad SMARTS) is 2. The highest BCUT2D eigenvalue weighted by molar-refractivity contribution is 5.91. The fourth-order valence-corrected chi connectivity index (χ4v) is 6.40. The molecule has 4 rings (SSSR count). The largest absolute Gasteiger partial charge is 0.481 e. The van der Waals surface area contributed by atoms with E-state index in [1.807, 2.05) is 0 Å². The molecule has 21 nitrogen and oxygen atoms in total. The number of ether oxygens (including phenoxy) is 8. The number of rotatable bonds is 13. The molecule has 302 valence electrons. The van der Waals surface area contributed by atoms with Crippen LogP contribution in [0, 0.1) is 11.8 Å². The summed E-state index contributed by atoms with van der Waals surface area (Å²) >= 11 is 0. The minimum absolute atomic E-state index is 0.00467. The van der Waals surface area contributed by atoms with Crippen LogP contribution in [0.2, 0.25) is 0 Å². The Morgan fingerprint density at radius 1 is 0.667 bits per heavy atom. The maximum Gasteiger partial charge on any atom is 0.338 e. The smallest absolute Gasteiger partial charge is 0.338 e. The molecular formula is C33H44O21. The number of methoxy groups -OCH3 is 1. The van der Waals surface area contributed by atoms with Gasteiger partial charge in [-0.2, -0.15) is 0 Å². The molecule has 0 saturated carbocycles. The van der Waals surface area contributed by atoms with E-state index >= 15 is 0 Å². The zero-order valence-corrected chi connectivity index (χ0v) is 29.1. The van der Waals surface area contributed by atoms with E-state index in [-0.39, 0.29) is 16.7 Å². The van der Waals surface area contributed by atoms with E-state index in [0.29, 0.717) is 0 Å². The van der Waals surface area contributed by atoms with Crippen LogP contribution in [-0.4, -0.2) is 164 Å². The lowest BCUT2D eigenvalue weighted by molar-refractivity contribution is -0.329. The van der Waals surface area contributed by atoms with E-state index in [4.69, 9.17) is 37.9 Å². The predicted octanol–water partition coefficient (Wildman–Crippen LogP) is -3.10. The first-order valence-electron chi connectivity index (χ1n) is 16.6. The van der Waals surface area contributed by atoms with Crippen molar-refractivity contribution in [2.24, 2.45) is 11.8 Å². The van der Waals surface area contributed by atoms with E-state index in [0.717, 1.165) is 19.6 Å². The summed E-state index contributed by atoms with van der Waals surface area (Å²) in [6, 6.07) is 0. The molecule has 14 atom stereocenters. The second kappa shape index (κ2) is 18.6. The average molecular weight is 777 g/mol. The van der Waals surface area contributed by atoms with Gasteiger partial charge in [0.1, 0.15) is 42.7 Å². The van der Waals surface area contributed by atoms with Gasteiger partial charge in [0.2, 0.25) is 12.6 Å². The first kappa shape index (κ1) is 42.7. The summed E-state index contributed by atoms with van der Waals surface area (Å²) in [5.74, 6) is -7.32. The first-order chi connectivity index (χ1) is 25.6. The predicted molar refractivity (Wildman–Crippen MR) is 171 cm³/mol. The molecule has 0 aromatic heterocycles. The minimum atomic E-state index is -2.02. The van der Waals surface area contributed by atoms with E-state index in [1.165, 1.54) is 26.0 Å². The molecule has 0 aromatic carbocycles. The second-order valence-electron chi connectivity index (χ2n) is 12.5. The van der Waals surface area contributed by atoms with Crippen LogP contribution in [0.3, 0.4) is 0 Å². The van der Waals surface area contributed by atoms with Gasteiger partial charge in [-0.05, 0) is 13.8 Å². The SMILES string of the molecule is CC=C1C(OC2O[C@@H](CO)[C@H](O)[C@@H](OC(=O)C3=COC(OC4O[C@@H](CO)[C@H](O)[C@@H](O)[C@@H]4O)/C(=C\C)[C@H]3CC(=O)O)[C@@H]2O)OC=C(C(=O)OC)[C@@H]1CC(=O)O. The maximum atomic E-state index is 13.7. The van der Waals surface area contributed by atoms with Gasteiger partial charge in [0.15, 0.2) is 18.7 Å². The van der Waals surface area contributed by atoms with Crippen molar-refractivity contribution in [2.45, 2.75) is 101 Å². The molecule has 4 aliphatic heterocycles. The van der Waals surface area contributed by atoms with E-state index in [2.05, 4.69) is 0 Å². The van der Waals surface area contributed by atoms with Gasteiger partial charge in [0.25, 0.3) is 0 Å². The summed E-state index contributed by atoms with van der Waals surface area (Å²) in [7, 11) is 1.09. The molecular weight excluding hydrogens is 732 g/mol. The van der Waals surface area contributed by atoms with E-state index in [1.54, 1.807) is 0 Å². The van der Waals surface area contributed by atoms with E-state index < -0.39 is 141 Å². The molecule has 0 amide bonds. The van der Waals surface area contributed by atoms with Gasteiger partial charge in [-0.25, -0.2) is 9.59 Å². The fraction of sp³-hybridized carbons (Fsp3) is 0.636. The third kappa shape index (κ3) is 9.09. The number of carboxylic acids is 2. The lowest BCUT2D eigenvalue weighted by Gasteiger charge is -2.43. The zero-order chi connectivity index (χ0) is 40.0. The second-order valence-corrected chi connectivity index (χ2v) is 12.5. The molecule has 0 spiro atoms. The van der Waals surface area contributed by atoms with Crippen molar-refractivity contribution < 1.29 is 103 Å². The highest BCUT2D eigenvalue weighted by atomic mass is 16.8. The Bertz CT molecular complexity index is 1500. The summed E-state index contributed by atoms with van der Waals surface area (Å²) in [5, 5.41) is 91.6. The Labute approximate surface area is 306 Å². The van der Waals surface area contributed by atoms with Gasteiger partial charge in [0.05, 0.1) is 56.8 Å². The summed E-state index contributed by atoms with van der Waals surface area (Å²) in [5.41, 5.74) is -0.479. The molecule has 2 fully saturated rings. The van der Waals surface area contributed by atoms with E-state index in [9.17, 15) is 65.1 Å². The number of carbonyl (C=O) groups is 4. The Hall–Kier alpha value is -4.00. The third-order valence-electron chi connectivity index (χ3n) is 9.25. The van der Waals surface area contributed by atoms with Gasteiger partial charge < -0.3 is 83.9 Å². The zero-order valence-electron chi connectivity index (χ0n) is 29.1. The quantitative estimate of drug-likeness (QED) is 0.0660. The normalized spacial score (nSPS) is 38.4. The number of aliphatic hydroxyl groups excluding tert-OH is 7. The summed E-state index contributed by atoms with van der Waals surface area (Å²) in [4.78, 5) is 49.7. The van der Waals surface area contributed by atoms with Crippen LogP contribution in [0.1, 0.15) is 26.7 Å². The number of aliphatic carboxylic acids is 2. The number of hydrogen-bond donors (Lipinski definition) is 9. The Kier molecular flexibility index (Phi) is 14.7. The highest BCUT2D eigenvalue weighted by Crippen LogP contribution is 2.39. The highest BCUT2D eigenvalue weighted by Gasteiger charge is 2.51. The number of esters is 2. The van der Waals surface area contributed by atoms with Crippen LogP contribution < -0.4 is 0 Å². The van der Waals surface area contributed by atoms with Crippen molar-refractivity contribution in [3.8, 4) is 0 Å². The van der Waals surface area contributed by atoms with Crippen molar-refractivity contribution >= 4 is 23.9 Å². The third-order valence-corrected chi connectivity index (χ3v) is 9.25. The molecule has 4 aliphatic rings. The summed E-state index contributed by atoms with van der Waals surface area (Å²) in [6.07, 6.45) is -17.5. The first-order valence-corrected chi connectivity index (χ1v) is 16.6. The van der Waals surface area contributed by atoms with Gasteiger partial charge in [-0.1, -0.05) is 12.2 Å². The summed E-state index contributed by atoms with van der Waals surface area (Å²) in [6.45, 7) is 1.30. The van der Waals surface area contributed by atoms with Gasteiger partial charge in [-0.3, -0.25) is 9.59 Å². The van der Waals surface area contributed by atoms with Crippen LogP contribution in [-0.2, 0) is 57.1 Å². The molecule has 0 radical (unpaired) electrons. The lowest BCUT2D eigenvalue weighted by Crippen LogP contribution is -2.61. The Morgan fingerprint density at radius 2 is 1.11 bits per heavy atom. The van der Waals surface area contributed by atoms with Crippen LogP contribution in [0.25, 0.3) is 0 Å². The van der Waals surface area contributed by atoms with Crippen LogP contribution >= 0.6 is 0 Å². The average Bonchev–Trinajstić information content (AvgIpc) is 3.13. The van der Waals surface area contributed by atoms with Crippen molar-refractivity contribution in [3.05, 3.63) is 47.0 Å². The monoisotopic (exact) mass is 776 g/mol. The maximum absolute atomic E-state index is 13.7. The molecule has 4 unspecified atom stereocenters. The topological polar surface area (TPSA) is 324 Å². The molecule has 9 N–H and O–H groups in total. The number of carbonyl (C=O) groups excluding carboxylic acids is 2. The fourth-order valence-electron chi connectivity index (χ4n) is 6.40. The molecule has 0 aliphatic carbocycles. The van der Waals surface area contributed by atoms with Crippen LogP contribution in [0.15, 0.2) is 47.0 Å². The number of hydrogen-bond acceptors (Lipinski definition) is 19. The van der Waals surface area contributed by atoms with Crippen LogP contribution in [0.5, 0.6) is 0 Å². The molecule has 2 saturated heterocycles. The molecule has 54 heavy (non-hydrogen) atoms. The molecule has 0 bridgehead atoms. The van der Waals surface area contributed by atoms with Crippen molar-refractivity contribution in [1.82, 2.24) is 0 Å². The van der Waals surface area contributed by atoms with Crippen molar-refractivity contribution in [3.63, 3.8) is 0 Å². The van der Waals surface area contributed by atoms with Gasteiger partial charge in [0, 0.05) is 23.0 Å². The Balaban J connectivity index is 1.57. The summed E-state index contributed by atoms with van der Waals surface area (Å²) < 4.78 is 43.6. The Morgan fingerprint density at radius 3 is 1.54 bits per heavy atom. The molecule has 21 heteroatoms. The molecule has 0 aromatic rings. The minimum Gasteiger partial charge on any atom is -0.481 e. The number of aliphatic hydroxyl groups is 7. The number of allylic oxidation sites excluding steroid dienone is 2.